The number of nitrogens with one attached hydrogen (secondary N) is 1. The van der Waals surface area contributed by atoms with E-state index in [1.165, 1.54) is 0 Å². The average molecular weight is 397 g/mol. The van der Waals surface area contributed by atoms with Crippen molar-refractivity contribution < 1.29 is 18.0 Å². The number of carbonyl (C=O) groups excluding carboxylic acids is 1. The van der Waals surface area contributed by atoms with Gasteiger partial charge in [-0.1, -0.05) is 30.0 Å². The number of halogens is 3. The number of rotatable bonds is 5. The van der Waals surface area contributed by atoms with E-state index < -0.39 is 17.9 Å². The van der Waals surface area contributed by atoms with E-state index >= 15 is 0 Å². The van der Waals surface area contributed by atoms with Crippen LogP contribution < -0.4 is 11.2 Å². The maximum atomic E-state index is 12.7. The Morgan fingerprint density at radius 3 is 2.59 bits per heavy atom. The normalized spacial score (nSPS) is 11.6. The van der Waals surface area contributed by atoms with Gasteiger partial charge in [0.25, 0.3) is 5.82 Å². The number of aromatic nitrogens is 5. The van der Waals surface area contributed by atoms with E-state index in [1.807, 2.05) is 30.3 Å². The number of nitrogens with two attached hydrogens (primary N) is 1. The van der Waals surface area contributed by atoms with Crippen LogP contribution in [0, 0.1) is 6.92 Å². The molecule has 3 aromatic rings. The van der Waals surface area contributed by atoms with Gasteiger partial charge < -0.3 is 11.2 Å². The minimum Gasteiger partial charge on any atom is -0.335 e. The zero-order valence-electron chi connectivity index (χ0n) is 13.9. The number of amides is 1. The summed E-state index contributed by atoms with van der Waals surface area (Å²) in [4.78, 5) is 12.2. The number of anilines is 1. The van der Waals surface area contributed by atoms with Crippen LogP contribution in [0.25, 0.3) is 5.69 Å². The molecule has 0 unspecified atom stereocenters. The lowest BCUT2D eigenvalue weighted by atomic mass is 10.3. The van der Waals surface area contributed by atoms with Gasteiger partial charge in [-0.3, -0.25) is 4.79 Å². The molecule has 0 radical (unpaired) electrons. The van der Waals surface area contributed by atoms with Gasteiger partial charge in [-0.05, 0) is 19.1 Å². The Balaban J connectivity index is 1.69. The fourth-order valence-electron chi connectivity index (χ4n) is 2.23. The minimum atomic E-state index is -4.72. The standard InChI is InChI=1S/C15H14F3N7OS/c1-9-7-11(25(23-9)10-5-3-2-4-6-10)20-12(26)8-27-14-22-21-13(24(14)19)15(16,17)18/h2-7H,8,19H2,1H3,(H,20,26). The number of carbonyl (C=O) groups is 1. The van der Waals surface area contributed by atoms with Crippen LogP contribution in [0.3, 0.4) is 0 Å². The van der Waals surface area contributed by atoms with Crippen LogP contribution in [0.1, 0.15) is 11.5 Å². The van der Waals surface area contributed by atoms with Crippen molar-refractivity contribution in [2.75, 3.05) is 16.9 Å². The predicted molar refractivity (Wildman–Crippen MR) is 92.8 cm³/mol. The zero-order chi connectivity index (χ0) is 19.6. The summed E-state index contributed by atoms with van der Waals surface area (Å²) in [5.41, 5.74) is 1.45. The first-order valence-corrected chi connectivity index (χ1v) is 8.56. The van der Waals surface area contributed by atoms with Gasteiger partial charge in [-0.2, -0.15) is 18.3 Å². The van der Waals surface area contributed by atoms with Crippen LogP contribution in [0.5, 0.6) is 0 Å². The molecule has 0 spiro atoms. The number of para-hydroxylation sites is 1. The number of thioether (sulfide) groups is 1. The molecule has 0 bridgehead atoms. The molecular formula is C15H14F3N7OS. The monoisotopic (exact) mass is 397 g/mol. The quantitative estimate of drug-likeness (QED) is 0.506. The van der Waals surface area contributed by atoms with Crippen LogP contribution in [-0.4, -0.2) is 36.3 Å². The second-order valence-electron chi connectivity index (χ2n) is 5.43. The van der Waals surface area contributed by atoms with Crippen molar-refractivity contribution >= 4 is 23.5 Å². The van der Waals surface area contributed by atoms with E-state index in [9.17, 15) is 18.0 Å². The van der Waals surface area contributed by atoms with Crippen LogP contribution >= 0.6 is 11.8 Å². The summed E-state index contributed by atoms with van der Waals surface area (Å²) >= 11 is 0.742. The first kappa shape index (κ1) is 18.8. The van der Waals surface area contributed by atoms with Crippen LogP contribution in [0.15, 0.2) is 41.6 Å². The number of nitrogen functional groups attached to an aromatic ring is 1. The largest absolute Gasteiger partial charge is 0.453 e. The first-order chi connectivity index (χ1) is 12.8. The van der Waals surface area contributed by atoms with Crippen LogP contribution in [-0.2, 0) is 11.0 Å². The Kier molecular flexibility index (Phi) is 5.08. The molecule has 2 heterocycles. The van der Waals surface area contributed by atoms with Crippen molar-refractivity contribution in [1.29, 1.82) is 0 Å². The van der Waals surface area contributed by atoms with Crippen molar-refractivity contribution in [2.24, 2.45) is 0 Å². The number of benzene rings is 1. The SMILES string of the molecule is Cc1cc(NC(=O)CSc2nnc(C(F)(F)F)n2N)n(-c2ccccc2)n1. The van der Waals surface area contributed by atoms with E-state index in [1.54, 1.807) is 17.7 Å². The van der Waals surface area contributed by atoms with E-state index in [2.05, 4.69) is 20.6 Å². The molecule has 27 heavy (non-hydrogen) atoms. The number of nitrogens with zero attached hydrogens (tertiary/aromatic N) is 5. The van der Waals surface area contributed by atoms with Crippen molar-refractivity contribution in [3.8, 4) is 5.69 Å². The fraction of sp³-hybridized carbons (Fsp3) is 0.200. The Morgan fingerprint density at radius 2 is 1.96 bits per heavy atom. The third-order valence-electron chi connectivity index (χ3n) is 3.35. The predicted octanol–water partition coefficient (Wildman–Crippen LogP) is 2.24. The maximum Gasteiger partial charge on any atom is 0.453 e. The van der Waals surface area contributed by atoms with Gasteiger partial charge >= 0.3 is 6.18 Å². The van der Waals surface area contributed by atoms with Crippen molar-refractivity contribution in [3.63, 3.8) is 0 Å². The van der Waals surface area contributed by atoms with Gasteiger partial charge in [-0.15, -0.1) is 10.2 Å². The molecule has 1 aromatic carbocycles. The van der Waals surface area contributed by atoms with Crippen molar-refractivity contribution in [1.82, 2.24) is 24.7 Å². The van der Waals surface area contributed by atoms with E-state index in [0.717, 1.165) is 17.4 Å². The lowest BCUT2D eigenvalue weighted by molar-refractivity contribution is -0.146. The minimum absolute atomic E-state index is 0.202. The van der Waals surface area contributed by atoms with Gasteiger partial charge in [0.05, 0.1) is 17.1 Å². The molecule has 0 saturated heterocycles. The summed E-state index contributed by atoms with van der Waals surface area (Å²) in [5.74, 6) is 3.79. The van der Waals surface area contributed by atoms with Gasteiger partial charge in [-0.25, -0.2) is 9.36 Å². The third-order valence-corrected chi connectivity index (χ3v) is 4.29. The second-order valence-corrected chi connectivity index (χ2v) is 6.37. The molecule has 1 amide bonds. The third kappa shape index (κ3) is 4.22. The Bertz CT molecular complexity index is 952. The summed E-state index contributed by atoms with van der Waals surface area (Å²) in [5, 5.41) is 13.1. The van der Waals surface area contributed by atoms with Gasteiger partial charge in [0.1, 0.15) is 5.82 Å². The fourth-order valence-corrected chi connectivity index (χ4v) is 2.89. The maximum absolute atomic E-state index is 12.7. The number of hydrogen-bond donors (Lipinski definition) is 2. The summed E-state index contributed by atoms with van der Waals surface area (Å²) in [7, 11) is 0. The molecule has 0 fully saturated rings. The molecule has 0 aliphatic heterocycles. The molecule has 3 rings (SSSR count). The summed E-state index contributed by atoms with van der Waals surface area (Å²) < 4.78 is 39.8. The Labute approximate surface area is 155 Å². The summed E-state index contributed by atoms with van der Waals surface area (Å²) in [6, 6.07) is 10.9. The number of hydrogen-bond acceptors (Lipinski definition) is 6. The molecule has 2 aromatic heterocycles. The molecule has 142 valence electrons. The average Bonchev–Trinajstić information content (AvgIpc) is 3.16. The van der Waals surface area contributed by atoms with E-state index in [4.69, 9.17) is 5.84 Å². The highest BCUT2D eigenvalue weighted by Gasteiger charge is 2.38. The number of alkyl halides is 3. The molecule has 0 atom stereocenters. The van der Waals surface area contributed by atoms with Gasteiger partial charge in [0.2, 0.25) is 11.1 Å². The molecule has 0 aliphatic rings. The van der Waals surface area contributed by atoms with Crippen molar-refractivity contribution in [3.05, 3.63) is 47.9 Å². The zero-order valence-corrected chi connectivity index (χ0v) is 14.8. The van der Waals surface area contributed by atoms with Gasteiger partial charge in [0.15, 0.2) is 0 Å². The molecule has 3 N–H and O–H groups in total. The van der Waals surface area contributed by atoms with E-state index in [0.29, 0.717) is 16.2 Å². The Morgan fingerprint density at radius 1 is 1.26 bits per heavy atom. The second kappa shape index (κ2) is 7.31. The molecule has 8 nitrogen and oxygen atoms in total. The molecule has 0 saturated carbocycles. The highest BCUT2D eigenvalue weighted by Crippen LogP contribution is 2.28. The highest BCUT2D eigenvalue weighted by atomic mass is 32.2. The smallest absolute Gasteiger partial charge is 0.335 e. The van der Waals surface area contributed by atoms with Crippen LogP contribution in [0.2, 0.25) is 0 Å². The van der Waals surface area contributed by atoms with Gasteiger partial charge in [0, 0.05) is 6.07 Å². The number of aryl methyl sites for hydroxylation is 1. The molecule has 12 heteroatoms. The highest BCUT2D eigenvalue weighted by molar-refractivity contribution is 7.99. The van der Waals surface area contributed by atoms with Crippen LogP contribution in [0.4, 0.5) is 19.0 Å². The lowest BCUT2D eigenvalue weighted by Crippen LogP contribution is -2.22. The lowest BCUT2D eigenvalue weighted by Gasteiger charge is -2.09. The summed E-state index contributed by atoms with van der Waals surface area (Å²) in [6.07, 6.45) is -4.72. The first-order valence-electron chi connectivity index (χ1n) is 7.58. The Hall–Kier alpha value is -3.02. The molecule has 0 aliphatic carbocycles. The topological polar surface area (TPSA) is 104 Å². The summed E-state index contributed by atoms with van der Waals surface area (Å²) in [6.45, 7) is 1.78. The van der Waals surface area contributed by atoms with Crippen molar-refractivity contribution in [2.45, 2.75) is 18.3 Å². The molecular weight excluding hydrogens is 383 g/mol. The van der Waals surface area contributed by atoms with E-state index in [-0.39, 0.29) is 10.9 Å².